The van der Waals surface area contributed by atoms with Crippen LogP contribution in [0, 0.1) is 0 Å². The zero-order chi connectivity index (χ0) is 21.0. The Bertz CT molecular complexity index is 1020. The number of anilines is 1. The number of benzene rings is 2. The predicted molar refractivity (Wildman–Crippen MR) is 109 cm³/mol. The number of carboxylic acid groups (broad SMARTS) is 1. The van der Waals surface area contributed by atoms with Gasteiger partial charge in [0.1, 0.15) is 0 Å². The number of aliphatic carboxylic acids is 1. The molecule has 0 spiro atoms. The van der Waals surface area contributed by atoms with Gasteiger partial charge in [0, 0.05) is 12.0 Å². The number of nitrogens with zero attached hydrogens (tertiary/aromatic N) is 2. The van der Waals surface area contributed by atoms with Crippen LogP contribution < -0.4 is 5.32 Å². The topological polar surface area (TPSA) is 105 Å². The first kappa shape index (κ1) is 20.3. The largest absolute Gasteiger partial charge is 0.481 e. The van der Waals surface area contributed by atoms with E-state index in [-0.39, 0.29) is 24.1 Å². The second kappa shape index (κ2) is 8.26. The quantitative estimate of drug-likeness (QED) is 0.638. The van der Waals surface area contributed by atoms with Crippen molar-refractivity contribution in [1.29, 1.82) is 0 Å². The summed E-state index contributed by atoms with van der Waals surface area (Å²) < 4.78 is 5.83. The Labute approximate surface area is 168 Å². The molecule has 7 nitrogen and oxygen atoms in total. The predicted octanol–water partition coefficient (Wildman–Crippen LogP) is 4.50. The molecule has 0 atom stereocenters. The second-order valence-electron chi connectivity index (χ2n) is 7.73. The lowest BCUT2D eigenvalue weighted by atomic mass is 9.87. The highest BCUT2D eigenvalue weighted by atomic mass is 16.4. The van der Waals surface area contributed by atoms with Crippen molar-refractivity contribution in [2.24, 2.45) is 0 Å². The highest BCUT2D eigenvalue weighted by Gasteiger charge is 2.17. The van der Waals surface area contributed by atoms with E-state index < -0.39 is 11.9 Å². The van der Waals surface area contributed by atoms with Gasteiger partial charge in [0.2, 0.25) is 17.7 Å². The Morgan fingerprint density at radius 3 is 2.28 bits per heavy atom. The van der Waals surface area contributed by atoms with Crippen LogP contribution in [0.1, 0.15) is 39.2 Å². The summed E-state index contributed by atoms with van der Waals surface area (Å²) in [4.78, 5) is 22.6. The minimum Gasteiger partial charge on any atom is -0.481 e. The summed E-state index contributed by atoms with van der Waals surface area (Å²) in [5.41, 5.74) is 3.12. The van der Waals surface area contributed by atoms with Crippen molar-refractivity contribution in [3.05, 3.63) is 54.1 Å². The molecule has 0 aliphatic rings. The van der Waals surface area contributed by atoms with Gasteiger partial charge in [-0.15, -0.1) is 10.2 Å². The zero-order valence-corrected chi connectivity index (χ0v) is 16.6. The molecule has 0 saturated carbocycles. The van der Waals surface area contributed by atoms with Gasteiger partial charge in [0.25, 0.3) is 0 Å². The first-order valence-electron chi connectivity index (χ1n) is 9.29. The van der Waals surface area contributed by atoms with Gasteiger partial charge in [-0.2, -0.15) is 0 Å². The van der Waals surface area contributed by atoms with Crippen molar-refractivity contribution >= 4 is 17.6 Å². The molecule has 1 heterocycles. The molecule has 3 rings (SSSR count). The number of aromatic nitrogens is 2. The van der Waals surface area contributed by atoms with Crippen LogP contribution in [0.15, 0.2) is 52.9 Å². The zero-order valence-electron chi connectivity index (χ0n) is 16.6. The van der Waals surface area contributed by atoms with Gasteiger partial charge in [-0.25, -0.2) is 0 Å². The number of para-hydroxylation sites is 1. The molecule has 0 aliphatic heterocycles. The highest BCUT2D eigenvalue weighted by molar-refractivity contribution is 5.95. The van der Waals surface area contributed by atoms with Crippen LogP contribution in [0.25, 0.3) is 22.9 Å². The van der Waals surface area contributed by atoms with Gasteiger partial charge in [0.15, 0.2) is 0 Å². The number of carbonyl (C=O) groups is 2. The van der Waals surface area contributed by atoms with Crippen LogP contribution in [0.2, 0.25) is 0 Å². The van der Waals surface area contributed by atoms with Gasteiger partial charge in [-0.05, 0) is 35.2 Å². The molecule has 0 unspecified atom stereocenters. The monoisotopic (exact) mass is 393 g/mol. The summed E-state index contributed by atoms with van der Waals surface area (Å²) in [6.07, 6.45) is -0.345. The van der Waals surface area contributed by atoms with Crippen molar-refractivity contribution in [3.63, 3.8) is 0 Å². The third-order valence-electron chi connectivity index (χ3n) is 4.42. The van der Waals surface area contributed by atoms with E-state index in [1.54, 1.807) is 24.3 Å². The lowest BCUT2D eigenvalue weighted by Crippen LogP contribution is -2.13. The average molecular weight is 393 g/mol. The SMILES string of the molecule is CC(C)(C)c1ccc(-c2nnc(-c3ccccc3NC(=O)CCC(=O)O)o2)cc1. The van der Waals surface area contributed by atoms with Crippen LogP contribution in [0.4, 0.5) is 5.69 Å². The molecule has 2 N–H and O–H groups in total. The van der Waals surface area contributed by atoms with E-state index in [4.69, 9.17) is 9.52 Å². The van der Waals surface area contributed by atoms with Gasteiger partial charge in [-0.3, -0.25) is 9.59 Å². The molecule has 0 saturated heterocycles. The van der Waals surface area contributed by atoms with Crippen LogP contribution in [-0.4, -0.2) is 27.2 Å². The maximum Gasteiger partial charge on any atom is 0.303 e. The fourth-order valence-corrected chi connectivity index (χ4v) is 2.77. The van der Waals surface area contributed by atoms with Crippen LogP contribution in [-0.2, 0) is 15.0 Å². The fourth-order valence-electron chi connectivity index (χ4n) is 2.77. The number of rotatable bonds is 6. The summed E-state index contributed by atoms with van der Waals surface area (Å²) in [7, 11) is 0. The van der Waals surface area contributed by atoms with Crippen molar-refractivity contribution in [2.45, 2.75) is 39.0 Å². The normalized spacial score (nSPS) is 11.3. The lowest BCUT2D eigenvalue weighted by molar-refractivity contribution is -0.138. The van der Waals surface area contributed by atoms with E-state index in [2.05, 4.69) is 36.3 Å². The number of carboxylic acids is 1. The average Bonchev–Trinajstić information content (AvgIpc) is 3.16. The van der Waals surface area contributed by atoms with E-state index in [0.717, 1.165) is 5.56 Å². The molecule has 7 heteroatoms. The standard InChI is InChI=1S/C22H23N3O4/c1-22(2,3)15-10-8-14(9-11-15)20-24-25-21(29-20)16-6-4-5-7-17(16)23-18(26)12-13-19(27)28/h4-11H,12-13H2,1-3H3,(H,23,26)(H,27,28). The summed E-state index contributed by atoms with van der Waals surface area (Å²) in [5.74, 6) is -0.758. The molecular formula is C22H23N3O4. The van der Waals surface area contributed by atoms with Crippen LogP contribution >= 0.6 is 0 Å². The van der Waals surface area contributed by atoms with Gasteiger partial charge >= 0.3 is 5.97 Å². The number of carbonyl (C=O) groups excluding carboxylic acids is 1. The van der Waals surface area contributed by atoms with Crippen molar-refractivity contribution in [2.75, 3.05) is 5.32 Å². The molecule has 3 aromatic rings. The first-order chi connectivity index (χ1) is 13.7. The number of hydrogen-bond donors (Lipinski definition) is 2. The molecule has 1 aromatic heterocycles. The smallest absolute Gasteiger partial charge is 0.303 e. The van der Waals surface area contributed by atoms with Gasteiger partial charge in [-0.1, -0.05) is 45.0 Å². The number of amides is 1. The van der Waals surface area contributed by atoms with E-state index in [1.165, 1.54) is 5.56 Å². The Balaban J connectivity index is 1.82. The second-order valence-corrected chi connectivity index (χ2v) is 7.73. The Morgan fingerprint density at radius 2 is 1.62 bits per heavy atom. The maximum absolute atomic E-state index is 12.0. The molecule has 29 heavy (non-hydrogen) atoms. The molecule has 0 fully saturated rings. The number of nitrogens with one attached hydrogen (secondary N) is 1. The van der Waals surface area contributed by atoms with Crippen molar-refractivity contribution < 1.29 is 19.1 Å². The molecule has 1 amide bonds. The molecule has 0 aliphatic carbocycles. The van der Waals surface area contributed by atoms with Gasteiger partial charge < -0.3 is 14.8 Å². The van der Waals surface area contributed by atoms with E-state index >= 15 is 0 Å². The minimum atomic E-state index is -1.02. The molecule has 150 valence electrons. The summed E-state index contributed by atoms with van der Waals surface area (Å²) in [5, 5.41) is 19.7. The van der Waals surface area contributed by atoms with E-state index in [9.17, 15) is 9.59 Å². The molecule has 0 bridgehead atoms. The Hall–Kier alpha value is -3.48. The fraction of sp³-hybridized carbons (Fsp3) is 0.273. The number of hydrogen-bond acceptors (Lipinski definition) is 5. The molecule has 0 radical (unpaired) electrons. The van der Waals surface area contributed by atoms with Crippen LogP contribution in [0.5, 0.6) is 0 Å². The maximum atomic E-state index is 12.0. The molecular weight excluding hydrogens is 370 g/mol. The van der Waals surface area contributed by atoms with Crippen molar-refractivity contribution in [1.82, 2.24) is 10.2 Å². The van der Waals surface area contributed by atoms with Crippen molar-refractivity contribution in [3.8, 4) is 22.9 Å². The lowest BCUT2D eigenvalue weighted by Gasteiger charge is -2.18. The Morgan fingerprint density at radius 1 is 0.966 bits per heavy atom. The molecule has 2 aromatic carbocycles. The third kappa shape index (κ3) is 5.07. The summed E-state index contributed by atoms with van der Waals surface area (Å²) in [6, 6.07) is 15.0. The Kier molecular flexibility index (Phi) is 5.77. The summed E-state index contributed by atoms with van der Waals surface area (Å²) in [6.45, 7) is 6.44. The van der Waals surface area contributed by atoms with E-state index in [0.29, 0.717) is 17.1 Å². The van der Waals surface area contributed by atoms with Crippen LogP contribution in [0.3, 0.4) is 0 Å². The first-order valence-corrected chi connectivity index (χ1v) is 9.29. The third-order valence-corrected chi connectivity index (χ3v) is 4.42. The summed E-state index contributed by atoms with van der Waals surface area (Å²) >= 11 is 0. The highest BCUT2D eigenvalue weighted by Crippen LogP contribution is 2.30. The van der Waals surface area contributed by atoms with Gasteiger partial charge in [0.05, 0.1) is 17.7 Å². The van der Waals surface area contributed by atoms with E-state index in [1.807, 2.05) is 24.3 Å². The minimum absolute atomic E-state index is 0.0519.